The molecule has 1 fully saturated rings. The fourth-order valence-electron chi connectivity index (χ4n) is 2.22. The smallest absolute Gasteiger partial charge is 0.410 e. The van der Waals surface area contributed by atoms with E-state index < -0.39 is 0 Å². The maximum Gasteiger partial charge on any atom is 0.410 e. The molecule has 2 rings (SSSR count). The van der Waals surface area contributed by atoms with E-state index in [1.165, 1.54) is 7.11 Å². The molecular formula is C15H20N2O4. The van der Waals surface area contributed by atoms with E-state index in [0.29, 0.717) is 26.2 Å². The van der Waals surface area contributed by atoms with Crippen LogP contribution in [0.25, 0.3) is 0 Å². The van der Waals surface area contributed by atoms with Gasteiger partial charge in [-0.3, -0.25) is 0 Å². The standard InChI is InChI=1S/C15H20N2O4/c1-20-14(18)16-8-5-9-17(11-10-16)15(19)21-12-13-6-3-2-4-7-13/h2-4,6-7H,5,8-12H2,1H3. The fraction of sp³-hybridized carbons (Fsp3) is 0.467. The van der Waals surface area contributed by atoms with Crippen LogP contribution in [0.15, 0.2) is 30.3 Å². The molecule has 0 saturated carbocycles. The highest BCUT2D eigenvalue weighted by atomic mass is 16.6. The fourth-order valence-corrected chi connectivity index (χ4v) is 2.22. The van der Waals surface area contributed by atoms with Crippen LogP contribution in [0.4, 0.5) is 9.59 Å². The summed E-state index contributed by atoms with van der Waals surface area (Å²) in [7, 11) is 1.36. The van der Waals surface area contributed by atoms with Crippen molar-refractivity contribution in [3.05, 3.63) is 35.9 Å². The maximum atomic E-state index is 12.0. The van der Waals surface area contributed by atoms with Crippen LogP contribution in [-0.2, 0) is 16.1 Å². The molecule has 1 aliphatic rings. The van der Waals surface area contributed by atoms with Crippen LogP contribution >= 0.6 is 0 Å². The minimum Gasteiger partial charge on any atom is -0.453 e. The first-order chi connectivity index (χ1) is 10.2. The monoisotopic (exact) mass is 292 g/mol. The highest BCUT2D eigenvalue weighted by Gasteiger charge is 2.23. The van der Waals surface area contributed by atoms with Gasteiger partial charge in [0.05, 0.1) is 7.11 Å². The number of methoxy groups -OCH3 is 1. The Morgan fingerprint density at radius 2 is 1.62 bits per heavy atom. The molecule has 0 atom stereocenters. The summed E-state index contributed by atoms with van der Waals surface area (Å²) in [4.78, 5) is 26.7. The Hall–Kier alpha value is -2.24. The summed E-state index contributed by atoms with van der Waals surface area (Å²) in [6, 6.07) is 9.55. The summed E-state index contributed by atoms with van der Waals surface area (Å²) in [5, 5.41) is 0. The SMILES string of the molecule is COC(=O)N1CCCN(C(=O)OCc2ccccc2)CC1. The summed E-state index contributed by atoms with van der Waals surface area (Å²) in [6.07, 6.45) is 0.0234. The molecule has 21 heavy (non-hydrogen) atoms. The van der Waals surface area contributed by atoms with E-state index in [-0.39, 0.29) is 18.8 Å². The maximum absolute atomic E-state index is 12.0. The quantitative estimate of drug-likeness (QED) is 0.837. The van der Waals surface area contributed by atoms with Gasteiger partial charge in [-0.2, -0.15) is 0 Å². The molecule has 1 aliphatic heterocycles. The van der Waals surface area contributed by atoms with Crippen LogP contribution in [-0.4, -0.2) is 55.3 Å². The molecule has 1 heterocycles. The number of amides is 2. The van der Waals surface area contributed by atoms with Gasteiger partial charge in [0.15, 0.2) is 0 Å². The van der Waals surface area contributed by atoms with Gasteiger partial charge in [-0.05, 0) is 12.0 Å². The average molecular weight is 292 g/mol. The Labute approximate surface area is 124 Å². The van der Waals surface area contributed by atoms with Crippen LogP contribution < -0.4 is 0 Å². The molecule has 6 nitrogen and oxygen atoms in total. The highest BCUT2D eigenvalue weighted by Crippen LogP contribution is 2.08. The minimum atomic E-state index is -0.352. The summed E-state index contributed by atoms with van der Waals surface area (Å²) in [5.74, 6) is 0. The highest BCUT2D eigenvalue weighted by molar-refractivity contribution is 5.69. The number of benzene rings is 1. The van der Waals surface area contributed by atoms with Gasteiger partial charge in [0.2, 0.25) is 0 Å². The predicted molar refractivity (Wildman–Crippen MR) is 76.8 cm³/mol. The van der Waals surface area contributed by atoms with Crippen molar-refractivity contribution in [2.24, 2.45) is 0 Å². The normalized spacial score (nSPS) is 15.3. The summed E-state index contributed by atoms with van der Waals surface area (Å²) in [5.41, 5.74) is 0.955. The first-order valence-electron chi connectivity index (χ1n) is 6.99. The molecule has 0 aromatic heterocycles. The third-order valence-corrected chi connectivity index (χ3v) is 3.39. The van der Waals surface area contributed by atoms with E-state index in [2.05, 4.69) is 0 Å². The molecule has 0 spiro atoms. The third kappa shape index (κ3) is 4.37. The molecule has 6 heteroatoms. The lowest BCUT2D eigenvalue weighted by molar-refractivity contribution is 0.0956. The third-order valence-electron chi connectivity index (χ3n) is 3.39. The van der Waals surface area contributed by atoms with Gasteiger partial charge in [0, 0.05) is 26.2 Å². The lowest BCUT2D eigenvalue weighted by Gasteiger charge is -2.21. The number of hydrogen-bond acceptors (Lipinski definition) is 4. The van der Waals surface area contributed by atoms with Gasteiger partial charge in [0.1, 0.15) is 6.61 Å². The van der Waals surface area contributed by atoms with Crippen LogP contribution in [0.5, 0.6) is 0 Å². The molecule has 0 N–H and O–H groups in total. The van der Waals surface area contributed by atoms with Gasteiger partial charge in [-0.25, -0.2) is 9.59 Å². The molecule has 0 bridgehead atoms. The van der Waals surface area contributed by atoms with E-state index >= 15 is 0 Å². The van der Waals surface area contributed by atoms with Crippen molar-refractivity contribution in [1.29, 1.82) is 0 Å². The number of hydrogen-bond donors (Lipinski definition) is 0. The van der Waals surface area contributed by atoms with Crippen LogP contribution in [0.3, 0.4) is 0 Å². The summed E-state index contributed by atoms with van der Waals surface area (Å²) >= 11 is 0. The predicted octanol–water partition coefficient (Wildman–Crippen LogP) is 2.10. The summed E-state index contributed by atoms with van der Waals surface area (Å²) in [6.45, 7) is 2.36. The Morgan fingerprint density at radius 3 is 2.24 bits per heavy atom. The van der Waals surface area contributed by atoms with Gasteiger partial charge >= 0.3 is 12.2 Å². The zero-order valence-corrected chi connectivity index (χ0v) is 12.2. The van der Waals surface area contributed by atoms with E-state index in [1.54, 1.807) is 9.80 Å². The zero-order valence-electron chi connectivity index (χ0n) is 12.2. The molecular weight excluding hydrogens is 272 g/mol. The first kappa shape index (κ1) is 15.2. The molecule has 1 saturated heterocycles. The second kappa shape index (κ2) is 7.52. The molecule has 114 valence electrons. The van der Waals surface area contributed by atoms with Crippen LogP contribution in [0.2, 0.25) is 0 Å². The number of carbonyl (C=O) groups excluding carboxylic acids is 2. The second-order valence-corrected chi connectivity index (χ2v) is 4.84. The van der Waals surface area contributed by atoms with Gasteiger partial charge in [-0.1, -0.05) is 30.3 Å². The molecule has 1 aromatic rings. The lowest BCUT2D eigenvalue weighted by atomic mass is 10.2. The van der Waals surface area contributed by atoms with Gasteiger partial charge in [-0.15, -0.1) is 0 Å². The van der Waals surface area contributed by atoms with E-state index in [0.717, 1.165) is 12.0 Å². The van der Waals surface area contributed by atoms with Crippen molar-refractivity contribution in [2.75, 3.05) is 33.3 Å². The number of nitrogens with zero attached hydrogens (tertiary/aromatic N) is 2. The second-order valence-electron chi connectivity index (χ2n) is 4.84. The topological polar surface area (TPSA) is 59.1 Å². The van der Waals surface area contributed by atoms with Crippen molar-refractivity contribution in [2.45, 2.75) is 13.0 Å². The van der Waals surface area contributed by atoms with E-state index in [4.69, 9.17) is 9.47 Å². The summed E-state index contributed by atoms with van der Waals surface area (Å²) < 4.78 is 10.00. The average Bonchev–Trinajstić information content (AvgIpc) is 2.79. The Balaban J connectivity index is 1.81. The molecule has 0 unspecified atom stereocenters. The van der Waals surface area contributed by atoms with Crippen molar-refractivity contribution < 1.29 is 19.1 Å². The largest absolute Gasteiger partial charge is 0.453 e. The lowest BCUT2D eigenvalue weighted by Crippen LogP contribution is -2.37. The van der Waals surface area contributed by atoms with Gasteiger partial charge in [0.25, 0.3) is 0 Å². The molecule has 0 aliphatic carbocycles. The van der Waals surface area contributed by atoms with Crippen molar-refractivity contribution >= 4 is 12.2 Å². The number of carbonyl (C=O) groups is 2. The van der Waals surface area contributed by atoms with Crippen molar-refractivity contribution in [1.82, 2.24) is 9.80 Å². The van der Waals surface area contributed by atoms with E-state index in [9.17, 15) is 9.59 Å². The first-order valence-corrected chi connectivity index (χ1v) is 6.99. The van der Waals surface area contributed by atoms with Gasteiger partial charge < -0.3 is 19.3 Å². The molecule has 2 amide bonds. The minimum absolute atomic E-state index is 0.261. The van der Waals surface area contributed by atoms with Crippen molar-refractivity contribution in [3.8, 4) is 0 Å². The van der Waals surface area contributed by atoms with E-state index in [1.807, 2.05) is 30.3 Å². The number of ether oxygens (including phenoxy) is 2. The molecule has 1 aromatic carbocycles. The van der Waals surface area contributed by atoms with Crippen molar-refractivity contribution in [3.63, 3.8) is 0 Å². The zero-order chi connectivity index (χ0) is 15.1. The Morgan fingerprint density at radius 1 is 1.00 bits per heavy atom. The molecule has 0 radical (unpaired) electrons. The van der Waals surface area contributed by atoms with Crippen LogP contribution in [0, 0.1) is 0 Å². The van der Waals surface area contributed by atoms with Crippen LogP contribution in [0.1, 0.15) is 12.0 Å². The Kier molecular flexibility index (Phi) is 5.43. The Bertz CT molecular complexity index is 478. The number of rotatable bonds is 2.